The van der Waals surface area contributed by atoms with Gasteiger partial charge in [0.2, 0.25) is 11.8 Å². The lowest BCUT2D eigenvalue weighted by atomic mass is 10.0. The highest BCUT2D eigenvalue weighted by molar-refractivity contribution is 6.06. The van der Waals surface area contributed by atoms with E-state index in [-0.39, 0.29) is 18.7 Å². The number of hydrogen-bond donors (Lipinski definition) is 2. The molecule has 0 unspecified atom stereocenters. The molecule has 0 bridgehead atoms. The summed E-state index contributed by atoms with van der Waals surface area (Å²) in [5.74, 6) is -2.14. The number of hydrogen-bond acceptors (Lipinski definition) is 3. The molecular weight excluding hydrogens is 296 g/mol. The third-order valence-electron chi connectivity index (χ3n) is 3.64. The standard InChI is InChI=1S/C17H18N2O4/c1-11(20)19(15(17(18)23)9-10-16(21)22)14-8-4-6-12-5-2-3-7-13(12)14/h2-8,15H,9-10H2,1H3,(H2,18,23)(H,21,22)/t15-/m0/s1. The quantitative estimate of drug-likeness (QED) is 0.850. The molecule has 6 nitrogen and oxygen atoms in total. The highest BCUT2D eigenvalue weighted by Crippen LogP contribution is 2.29. The SMILES string of the molecule is CC(=O)N(c1cccc2ccccc12)[C@@H](CCC(=O)O)C(N)=O. The summed E-state index contributed by atoms with van der Waals surface area (Å²) in [5, 5.41) is 10.6. The number of carboxylic acids is 1. The topological polar surface area (TPSA) is 101 Å². The average molecular weight is 314 g/mol. The number of carbonyl (C=O) groups excluding carboxylic acids is 2. The van der Waals surface area contributed by atoms with Crippen LogP contribution in [-0.2, 0) is 14.4 Å². The second-order valence-electron chi connectivity index (χ2n) is 5.24. The molecule has 0 aliphatic heterocycles. The molecule has 2 aromatic carbocycles. The summed E-state index contributed by atoms with van der Waals surface area (Å²) < 4.78 is 0. The number of primary amides is 1. The lowest BCUT2D eigenvalue weighted by Crippen LogP contribution is -2.47. The Bertz CT molecular complexity index is 752. The van der Waals surface area contributed by atoms with Gasteiger partial charge in [-0.2, -0.15) is 0 Å². The summed E-state index contributed by atoms with van der Waals surface area (Å²) in [4.78, 5) is 36.0. The van der Waals surface area contributed by atoms with Crippen LogP contribution in [0, 0.1) is 0 Å². The molecule has 23 heavy (non-hydrogen) atoms. The summed E-state index contributed by atoms with van der Waals surface area (Å²) >= 11 is 0. The molecule has 2 aromatic rings. The van der Waals surface area contributed by atoms with Gasteiger partial charge in [-0.1, -0.05) is 36.4 Å². The number of amides is 2. The van der Waals surface area contributed by atoms with Crippen molar-refractivity contribution in [1.29, 1.82) is 0 Å². The van der Waals surface area contributed by atoms with Gasteiger partial charge in [-0.05, 0) is 17.9 Å². The van der Waals surface area contributed by atoms with Crippen LogP contribution in [0.4, 0.5) is 5.69 Å². The molecule has 0 aliphatic rings. The van der Waals surface area contributed by atoms with Crippen LogP contribution in [0.15, 0.2) is 42.5 Å². The van der Waals surface area contributed by atoms with Crippen molar-refractivity contribution >= 4 is 34.2 Å². The average Bonchev–Trinajstić information content (AvgIpc) is 2.50. The zero-order valence-corrected chi connectivity index (χ0v) is 12.7. The van der Waals surface area contributed by atoms with Crippen LogP contribution >= 0.6 is 0 Å². The summed E-state index contributed by atoms with van der Waals surface area (Å²) in [5.41, 5.74) is 5.96. The molecule has 0 radical (unpaired) electrons. The lowest BCUT2D eigenvalue weighted by molar-refractivity contribution is -0.137. The van der Waals surface area contributed by atoms with Crippen molar-refractivity contribution in [3.8, 4) is 0 Å². The van der Waals surface area contributed by atoms with E-state index in [1.54, 1.807) is 12.1 Å². The molecule has 0 heterocycles. The summed E-state index contributed by atoms with van der Waals surface area (Å²) in [6.45, 7) is 1.33. The highest BCUT2D eigenvalue weighted by atomic mass is 16.4. The van der Waals surface area contributed by atoms with Crippen molar-refractivity contribution in [2.75, 3.05) is 4.90 Å². The third-order valence-corrected chi connectivity index (χ3v) is 3.64. The maximum atomic E-state index is 12.1. The second-order valence-corrected chi connectivity index (χ2v) is 5.24. The Labute approximate surface area is 133 Å². The first-order valence-corrected chi connectivity index (χ1v) is 7.20. The van der Waals surface area contributed by atoms with Gasteiger partial charge in [0.1, 0.15) is 6.04 Å². The smallest absolute Gasteiger partial charge is 0.303 e. The Kier molecular flexibility index (Phi) is 4.95. The van der Waals surface area contributed by atoms with Crippen molar-refractivity contribution < 1.29 is 19.5 Å². The van der Waals surface area contributed by atoms with Gasteiger partial charge in [0, 0.05) is 18.7 Å². The van der Waals surface area contributed by atoms with E-state index < -0.39 is 17.9 Å². The molecule has 0 saturated heterocycles. The molecule has 0 saturated carbocycles. The molecule has 2 amide bonds. The molecular formula is C17H18N2O4. The maximum absolute atomic E-state index is 12.1. The van der Waals surface area contributed by atoms with E-state index in [9.17, 15) is 14.4 Å². The monoisotopic (exact) mass is 314 g/mol. The third kappa shape index (κ3) is 3.66. The molecule has 0 spiro atoms. The van der Waals surface area contributed by atoms with Crippen molar-refractivity contribution in [2.24, 2.45) is 5.73 Å². The molecule has 0 aromatic heterocycles. The molecule has 3 N–H and O–H groups in total. The van der Waals surface area contributed by atoms with E-state index in [0.29, 0.717) is 5.69 Å². The fourth-order valence-electron chi connectivity index (χ4n) is 2.63. The first-order valence-electron chi connectivity index (χ1n) is 7.20. The van der Waals surface area contributed by atoms with Crippen LogP contribution in [0.2, 0.25) is 0 Å². The number of carboxylic acid groups (broad SMARTS) is 1. The van der Waals surface area contributed by atoms with Crippen molar-refractivity contribution in [2.45, 2.75) is 25.8 Å². The number of nitrogens with two attached hydrogens (primary N) is 1. The summed E-state index contributed by atoms with van der Waals surface area (Å²) in [6, 6.07) is 11.8. The van der Waals surface area contributed by atoms with E-state index in [0.717, 1.165) is 10.8 Å². The van der Waals surface area contributed by atoms with Crippen LogP contribution in [0.1, 0.15) is 19.8 Å². The predicted molar refractivity (Wildman–Crippen MR) is 87.0 cm³/mol. The minimum absolute atomic E-state index is 0.0343. The van der Waals surface area contributed by atoms with Gasteiger partial charge in [-0.3, -0.25) is 19.3 Å². The minimum Gasteiger partial charge on any atom is -0.481 e. The van der Waals surface area contributed by atoms with Gasteiger partial charge in [-0.25, -0.2) is 0 Å². The van der Waals surface area contributed by atoms with Crippen molar-refractivity contribution in [1.82, 2.24) is 0 Å². The number of benzene rings is 2. The van der Waals surface area contributed by atoms with Crippen LogP contribution < -0.4 is 10.6 Å². The zero-order valence-electron chi connectivity index (χ0n) is 12.7. The number of anilines is 1. The number of aliphatic carboxylic acids is 1. The fourth-order valence-corrected chi connectivity index (χ4v) is 2.63. The zero-order chi connectivity index (χ0) is 17.0. The Balaban J connectivity index is 2.52. The van der Waals surface area contributed by atoms with Gasteiger partial charge in [0.05, 0.1) is 5.69 Å². The van der Waals surface area contributed by atoms with Gasteiger partial charge < -0.3 is 10.8 Å². The van der Waals surface area contributed by atoms with E-state index in [4.69, 9.17) is 10.8 Å². The van der Waals surface area contributed by atoms with E-state index >= 15 is 0 Å². The molecule has 6 heteroatoms. The first-order chi connectivity index (χ1) is 10.9. The first kappa shape index (κ1) is 16.5. The molecule has 1 atom stereocenters. The van der Waals surface area contributed by atoms with Gasteiger partial charge in [0.15, 0.2) is 0 Å². The van der Waals surface area contributed by atoms with Crippen molar-refractivity contribution in [3.05, 3.63) is 42.5 Å². The molecule has 0 fully saturated rings. The molecule has 120 valence electrons. The maximum Gasteiger partial charge on any atom is 0.303 e. The van der Waals surface area contributed by atoms with Gasteiger partial charge >= 0.3 is 5.97 Å². The number of nitrogens with zero attached hydrogens (tertiary/aromatic N) is 1. The summed E-state index contributed by atoms with van der Waals surface area (Å²) in [6.07, 6.45) is -0.282. The highest BCUT2D eigenvalue weighted by Gasteiger charge is 2.29. The van der Waals surface area contributed by atoms with E-state index in [2.05, 4.69) is 0 Å². The summed E-state index contributed by atoms with van der Waals surface area (Å²) in [7, 11) is 0. The van der Waals surface area contributed by atoms with Crippen LogP contribution in [-0.4, -0.2) is 28.9 Å². The Hall–Kier alpha value is -2.89. The number of carbonyl (C=O) groups is 3. The largest absolute Gasteiger partial charge is 0.481 e. The fraction of sp³-hybridized carbons (Fsp3) is 0.235. The Morgan fingerprint density at radius 2 is 1.78 bits per heavy atom. The Morgan fingerprint density at radius 1 is 1.13 bits per heavy atom. The number of rotatable bonds is 6. The molecule has 2 rings (SSSR count). The normalized spacial score (nSPS) is 11.9. The molecule has 0 aliphatic carbocycles. The minimum atomic E-state index is -1.04. The van der Waals surface area contributed by atoms with E-state index in [1.807, 2.05) is 30.3 Å². The van der Waals surface area contributed by atoms with Crippen LogP contribution in [0.5, 0.6) is 0 Å². The Morgan fingerprint density at radius 3 is 2.39 bits per heavy atom. The predicted octanol–water partition coefficient (Wildman–Crippen LogP) is 1.91. The van der Waals surface area contributed by atoms with Crippen LogP contribution in [0.25, 0.3) is 10.8 Å². The second kappa shape index (κ2) is 6.91. The van der Waals surface area contributed by atoms with Crippen molar-refractivity contribution in [3.63, 3.8) is 0 Å². The lowest BCUT2D eigenvalue weighted by Gasteiger charge is -2.29. The number of fused-ring (bicyclic) bond motifs is 1. The van der Waals surface area contributed by atoms with Gasteiger partial charge in [0.25, 0.3) is 0 Å². The van der Waals surface area contributed by atoms with Gasteiger partial charge in [-0.15, -0.1) is 0 Å². The van der Waals surface area contributed by atoms with E-state index in [1.165, 1.54) is 11.8 Å². The van der Waals surface area contributed by atoms with Crippen LogP contribution in [0.3, 0.4) is 0 Å².